The largest absolute Gasteiger partial charge is 0.492 e. The molecule has 2 N–H and O–H groups in total. The van der Waals surface area contributed by atoms with Gasteiger partial charge in [-0.15, -0.1) is 0 Å². The standard InChI is InChI=1S/C14H17N3O/c1-3-18-12-6-11(7-17-8-12)14(15)13-9-16-5-4-10(13)2/h4-9,14H,3,15H2,1-2H3. The molecule has 0 aliphatic rings. The molecule has 1 unspecified atom stereocenters. The van der Waals surface area contributed by atoms with Crippen LogP contribution in [0.25, 0.3) is 0 Å². The Balaban J connectivity index is 2.31. The molecule has 0 amide bonds. The zero-order chi connectivity index (χ0) is 13.0. The number of hydrogen-bond donors (Lipinski definition) is 1. The van der Waals surface area contributed by atoms with Crippen LogP contribution in [0.5, 0.6) is 5.75 Å². The number of rotatable bonds is 4. The van der Waals surface area contributed by atoms with E-state index >= 15 is 0 Å². The Kier molecular flexibility index (Phi) is 3.89. The Hall–Kier alpha value is -1.94. The third-order valence-corrected chi connectivity index (χ3v) is 2.82. The summed E-state index contributed by atoms with van der Waals surface area (Å²) in [5.41, 5.74) is 9.31. The molecule has 94 valence electrons. The Morgan fingerprint density at radius 2 is 2.11 bits per heavy atom. The van der Waals surface area contributed by atoms with Crippen molar-refractivity contribution in [1.82, 2.24) is 9.97 Å². The molecule has 2 aromatic rings. The Morgan fingerprint density at radius 3 is 2.83 bits per heavy atom. The van der Waals surface area contributed by atoms with Crippen molar-refractivity contribution in [3.63, 3.8) is 0 Å². The molecular formula is C14H17N3O. The average molecular weight is 243 g/mol. The topological polar surface area (TPSA) is 61.0 Å². The first kappa shape index (κ1) is 12.5. The van der Waals surface area contributed by atoms with E-state index < -0.39 is 0 Å². The highest BCUT2D eigenvalue weighted by Crippen LogP contribution is 2.23. The van der Waals surface area contributed by atoms with E-state index in [0.29, 0.717) is 6.61 Å². The number of ether oxygens (including phenoxy) is 1. The highest BCUT2D eigenvalue weighted by atomic mass is 16.5. The first-order chi connectivity index (χ1) is 8.72. The van der Waals surface area contributed by atoms with Gasteiger partial charge in [0.2, 0.25) is 0 Å². The molecule has 0 bridgehead atoms. The number of aryl methyl sites for hydroxylation is 1. The maximum absolute atomic E-state index is 6.25. The molecule has 4 nitrogen and oxygen atoms in total. The Morgan fingerprint density at radius 1 is 1.28 bits per heavy atom. The molecule has 0 saturated heterocycles. The third kappa shape index (κ3) is 2.65. The molecule has 0 aliphatic carbocycles. The van der Waals surface area contributed by atoms with Crippen molar-refractivity contribution in [2.75, 3.05) is 6.61 Å². The van der Waals surface area contributed by atoms with Gasteiger partial charge in [0.1, 0.15) is 5.75 Å². The van der Waals surface area contributed by atoms with E-state index in [1.807, 2.05) is 26.0 Å². The van der Waals surface area contributed by atoms with E-state index in [0.717, 1.165) is 22.4 Å². The highest BCUT2D eigenvalue weighted by molar-refractivity contribution is 5.35. The van der Waals surface area contributed by atoms with E-state index in [9.17, 15) is 0 Å². The van der Waals surface area contributed by atoms with Gasteiger partial charge in [0.25, 0.3) is 0 Å². The molecule has 1 atom stereocenters. The van der Waals surface area contributed by atoms with Crippen LogP contribution in [0.4, 0.5) is 0 Å². The van der Waals surface area contributed by atoms with Crippen molar-refractivity contribution in [2.24, 2.45) is 5.73 Å². The van der Waals surface area contributed by atoms with Crippen molar-refractivity contribution in [3.8, 4) is 5.75 Å². The van der Waals surface area contributed by atoms with Crippen LogP contribution in [0.1, 0.15) is 29.7 Å². The van der Waals surface area contributed by atoms with Gasteiger partial charge < -0.3 is 10.5 Å². The van der Waals surface area contributed by atoms with Crippen LogP contribution >= 0.6 is 0 Å². The highest BCUT2D eigenvalue weighted by Gasteiger charge is 2.12. The number of nitrogens with two attached hydrogens (primary N) is 1. The molecule has 0 spiro atoms. The molecule has 2 rings (SSSR count). The summed E-state index contributed by atoms with van der Waals surface area (Å²) in [4.78, 5) is 8.27. The van der Waals surface area contributed by atoms with Gasteiger partial charge in [0, 0.05) is 18.6 Å². The zero-order valence-electron chi connectivity index (χ0n) is 10.6. The molecule has 4 heteroatoms. The van der Waals surface area contributed by atoms with Crippen molar-refractivity contribution < 1.29 is 4.74 Å². The fourth-order valence-electron chi connectivity index (χ4n) is 1.83. The second-order valence-electron chi connectivity index (χ2n) is 4.10. The lowest BCUT2D eigenvalue weighted by Crippen LogP contribution is -2.14. The number of pyridine rings is 2. The van der Waals surface area contributed by atoms with Crippen LogP contribution in [-0.4, -0.2) is 16.6 Å². The lowest BCUT2D eigenvalue weighted by atomic mass is 9.99. The number of aromatic nitrogens is 2. The minimum absolute atomic E-state index is 0.230. The van der Waals surface area contributed by atoms with Gasteiger partial charge in [-0.1, -0.05) is 0 Å². The molecule has 0 radical (unpaired) electrons. The van der Waals surface area contributed by atoms with E-state index in [1.165, 1.54) is 0 Å². The molecule has 0 aromatic carbocycles. The molecule has 0 fully saturated rings. The molecule has 0 saturated carbocycles. The van der Waals surface area contributed by atoms with E-state index in [1.54, 1.807) is 24.8 Å². The van der Waals surface area contributed by atoms with Crippen LogP contribution < -0.4 is 10.5 Å². The lowest BCUT2D eigenvalue weighted by molar-refractivity contribution is 0.338. The van der Waals surface area contributed by atoms with Gasteiger partial charge >= 0.3 is 0 Å². The first-order valence-corrected chi connectivity index (χ1v) is 5.96. The van der Waals surface area contributed by atoms with Gasteiger partial charge in [0.05, 0.1) is 18.8 Å². The van der Waals surface area contributed by atoms with Crippen molar-refractivity contribution in [3.05, 3.63) is 53.6 Å². The van der Waals surface area contributed by atoms with Crippen LogP contribution in [0.2, 0.25) is 0 Å². The van der Waals surface area contributed by atoms with Crippen LogP contribution in [0.15, 0.2) is 36.9 Å². The molecule has 2 heterocycles. The van der Waals surface area contributed by atoms with E-state index in [2.05, 4.69) is 9.97 Å². The van der Waals surface area contributed by atoms with Gasteiger partial charge in [-0.2, -0.15) is 0 Å². The van der Waals surface area contributed by atoms with E-state index in [4.69, 9.17) is 10.5 Å². The summed E-state index contributed by atoms with van der Waals surface area (Å²) in [6.07, 6.45) is 7.02. The summed E-state index contributed by atoms with van der Waals surface area (Å²) in [6.45, 7) is 4.58. The Bertz CT molecular complexity index is 528. The third-order valence-electron chi connectivity index (χ3n) is 2.82. The average Bonchev–Trinajstić information content (AvgIpc) is 2.39. The molecule has 2 aromatic heterocycles. The quantitative estimate of drug-likeness (QED) is 0.894. The second kappa shape index (κ2) is 5.60. The second-order valence-corrected chi connectivity index (χ2v) is 4.10. The minimum Gasteiger partial charge on any atom is -0.492 e. The zero-order valence-corrected chi connectivity index (χ0v) is 10.6. The maximum Gasteiger partial charge on any atom is 0.137 e. The van der Waals surface area contributed by atoms with Gasteiger partial charge in [0.15, 0.2) is 0 Å². The normalized spacial score (nSPS) is 12.2. The predicted molar refractivity (Wildman–Crippen MR) is 70.4 cm³/mol. The maximum atomic E-state index is 6.25. The van der Waals surface area contributed by atoms with Crippen LogP contribution in [-0.2, 0) is 0 Å². The smallest absolute Gasteiger partial charge is 0.137 e. The molecular weight excluding hydrogens is 226 g/mol. The van der Waals surface area contributed by atoms with Crippen molar-refractivity contribution in [1.29, 1.82) is 0 Å². The van der Waals surface area contributed by atoms with Gasteiger partial charge in [-0.3, -0.25) is 9.97 Å². The summed E-state index contributed by atoms with van der Waals surface area (Å²) in [7, 11) is 0. The van der Waals surface area contributed by atoms with Crippen LogP contribution in [0, 0.1) is 6.92 Å². The SMILES string of the molecule is CCOc1cncc(C(N)c2cnccc2C)c1. The van der Waals surface area contributed by atoms with E-state index in [-0.39, 0.29) is 6.04 Å². The minimum atomic E-state index is -0.230. The number of hydrogen-bond acceptors (Lipinski definition) is 4. The van der Waals surface area contributed by atoms with Gasteiger partial charge in [-0.05, 0) is 42.7 Å². The lowest BCUT2D eigenvalue weighted by Gasteiger charge is -2.15. The van der Waals surface area contributed by atoms with Crippen molar-refractivity contribution >= 4 is 0 Å². The molecule has 18 heavy (non-hydrogen) atoms. The molecule has 0 aliphatic heterocycles. The summed E-state index contributed by atoms with van der Waals surface area (Å²) in [5, 5.41) is 0. The summed E-state index contributed by atoms with van der Waals surface area (Å²) in [6, 6.07) is 3.65. The summed E-state index contributed by atoms with van der Waals surface area (Å²) >= 11 is 0. The summed E-state index contributed by atoms with van der Waals surface area (Å²) < 4.78 is 5.43. The van der Waals surface area contributed by atoms with Crippen LogP contribution in [0.3, 0.4) is 0 Å². The Labute approximate surface area is 107 Å². The fourth-order valence-corrected chi connectivity index (χ4v) is 1.83. The van der Waals surface area contributed by atoms with Crippen molar-refractivity contribution in [2.45, 2.75) is 19.9 Å². The van der Waals surface area contributed by atoms with Gasteiger partial charge in [-0.25, -0.2) is 0 Å². The number of nitrogens with zero attached hydrogens (tertiary/aromatic N) is 2. The predicted octanol–water partition coefficient (Wildman–Crippen LogP) is 2.23. The monoisotopic (exact) mass is 243 g/mol. The fraction of sp³-hybridized carbons (Fsp3) is 0.286. The first-order valence-electron chi connectivity index (χ1n) is 5.96. The summed E-state index contributed by atoms with van der Waals surface area (Å²) in [5.74, 6) is 0.743.